The number of halogens is 2. The first kappa shape index (κ1) is 17.0. The minimum Gasteiger partial charge on any atom is -0.383 e. The van der Waals surface area contributed by atoms with Crippen molar-refractivity contribution in [1.29, 1.82) is 0 Å². The van der Waals surface area contributed by atoms with E-state index in [9.17, 15) is 4.79 Å². The maximum absolute atomic E-state index is 11.7. The van der Waals surface area contributed by atoms with Crippen molar-refractivity contribution in [3.63, 3.8) is 0 Å². The van der Waals surface area contributed by atoms with Gasteiger partial charge in [-0.25, -0.2) is 0 Å². The topological polar surface area (TPSA) is 62.4 Å². The van der Waals surface area contributed by atoms with Gasteiger partial charge in [0.15, 0.2) is 5.11 Å². The van der Waals surface area contributed by atoms with Crippen LogP contribution in [0.2, 0.25) is 10.0 Å². The molecule has 20 heavy (non-hydrogen) atoms. The summed E-state index contributed by atoms with van der Waals surface area (Å²) in [7, 11) is 1.59. The van der Waals surface area contributed by atoms with Gasteiger partial charge in [0.1, 0.15) is 0 Å². The zero-order valence-electron chi connectivity index (χ0n) is 10.8. The molecule has 1 aromatic carbocycles. The van der Waals surface area contributed by atoms with Crippen LogP contribution in [0.5, 0.6) is 0 Å². The van der Waals surface area contributed by atoms with Gasteiger partial charge in [0.2, 0.25) is 5.91 Å². The highest BCUT2D eigenvalue weighted by molar-refractivity contribution is 7.80. The molecule has 8 heteroatoms. The van der Waals surface area contributed by atoms with Gasteiger partial charge in [0, 0.05) is 23.7 Å². The number of rotatable bonds is 5. The first-order valence-corrected chi connectivity index (χ1v) is 6.95. The number of ether oxygens (including phenoxy) is 1. The van der Waals surface area contributed by atoms with Crippen molar-refractivity contribution in [3.05, 3.63) is 33.8 Å². The molecule has 1 rings (SSSR count). The van der Waals surface area contributed by atoms with Gasteiger partial charge in [-0.05, 0) is 29.9 Å². The third-order valence-electron chi connectivity index (χ3n) is 2.31. The summed E-state index contributed by atoms with van der Waals surface area (Å²) < 4.78 is 4.86. The largest absolute Gasteiger partial charge is 0.383 e. The Balaban J connectivity index is 2.39. The third kappa shape index (κ3) is 5.92. The fourth-order valence-corrected chi connectivity index (χ4v) is 2.03. The van der Waals surface area contributed by atoms with Crippen LogP contribution in [0.25, 0.3) is 0 Å². The number of nitrogens with one attached hydrogen (secondary N) is 3. The standard InChI is InChI=1S/C12H15Cl2N3O2S/c1-19-6-5-15-12(20)17-16-11(18)7-8-9(13)3-2-4-10(8)14/h2-4H,5-7H2,1H3,(H,16,18)(H2,15,17,20). The van der Waals surface area contributed by atoms with E-state index >= 15 is 0 Å². The van der Waals surface area contributed by atoms with Crippen LogP contribution in [0, 0.1) is 0 Å². The van der Waals surface area contributed by atoms with Crippen molar-refractivity contribution in [2.45, 2.75) is 6.42 Å². The Bertz CT molecular complexity index is 466. The number of carbonyl (C=O) groups excluding carboxylic acids is 1. The van der Waals surface area contributed by atoms with Crippen molar-refractivity contribution < 1.29 is 9.53 Å². The maximum Gasteiger partial charge on any atom is 0.242 e. The molecule has 0 aliphatic rings. The van der Waals surface area contributed by atoms with Gasteiger partial charge in [-0.15, -0.1) is 0 Å². The molecule has 5 nitrogen and oxygen atoms in total. The highest BCUT2D eigenvalue weighted by Gasteiger charge is 2.10. The molecule has 0 saturated heterocycles. The highest BCUT2D eigenvalue weighted by atomic mass is 35.5. The van der Waals surface area contributed by atoms with Crippen LogP contribution >= 0.6 is 35.4 Å². The Morgan fingerprint density at radius 2 is 1.95 bits per heavy atom. The van der Waals surface area contributed by atoms with E-state index in [0.29, 0.717) is 33.9 Å². The number of hydrazine groups is 1. The van der Waals surface area contributed by atoms with E-state index in [1.54, 1.807) is 25.3 Å². The van der Waals surface area contributed by atoms with Gasteiger partial charge in [-0.3, -0.25) is 15.6 Å². The van der Waals surface area contributed by atoms with Crippen LogP contribution in [0.4, 0.5) is 0 Å². The normalized spacial score (nSPS) is 9.95. The molecule has 1 aromatic rings. The highest BCUT2D eigenvalue weighted by Crippen LogP contribution is 2.24. The van der Waals surface area contributed by atoms with Gasteiger partial charge in [0.05, 0.1) is 13.0 Å². The van der Waals surface area contributed by atoms with E-state index in [4.69, 9.17) is 40.2 Å². The summed E-state index contributed by atoms with van der Waals surface area (Å²) >= 11 is 16.9. The first-order chi connectivity index (χ1) is 9.54. The van der Waals surface area contributed by atoms with E-state index in [0.717, 1.165) is 0 Å². The van der Waals surface area contributed by atoms with E-state index in [1.165, 1.54) is 0 Å². The van der Waals surface area contributed by atoms with Gasteiger partial charge in [-0.1, -0.05) is 29.3 Å². The Labute approximate surface area is 132 Å². The monoisotopic (exact) mass is 335 g/mol. The quantitative estimate of drug-likeness (QED) is 0.434. The second-order valence-corrected chi connectivity index (χ2v) is 5.02. The number of amides is 1. The molecule has 0 atom stereocenters. The molecule has 0 aromatic heterocycles. The molecule has 0 radical (unpaired) electrons. The summed E-state index contributed by atoms with van der Waals surface area (Å²) in [6.45, 7) is 1.07. The molecule has 0 heterocycles. The molecule has 0 fully saturated rings. The van der Waals surface area contributed by atoms with Crippen LogP contribution in [-0.2, 0) is 16.0 Å². The molecule has 0 aliphatic heterocycles. The lowest BCUT2D eigenvalue weighted by atomic mass is 10.1. The van der Waals surface area contributed by atoms with E-state index in [-0.39, 0.29) is 12.3 Å². The molecule has 110 valence electrons. The summed E-state index contributed by atoms with van der Waals surface area (Å²) in [6.07, 6.45) is 0.0617. The lowest BCUT2D eigenvalue weighted by Crippen LogP contribution is -2.47. The number of thiocarbonyl (C=S) groups is 1. The van der Waals surface area contributed by atoms with Crippen molar-refractivity contribution in [3.8, 4) is 0 Å². The van der Waals surface area contributed by atoms with Gasteiger partial charge < -0.3 is 10.1 Å². The summed E-state index contributed by atoms with van der Waals surface area (Å²) in [5, 5.41) is 4.06. The second-order valence-electron chi connectivity index (χ2n) is 3.80. The zero-order valence-corrected chi connectivity index (χ0v) is 13.2. The average molecular weight is 336 g/mol. The van der Waals surface area contributed by atoms with Gasteiger partial charge in [-0.2, -0.15) is 0 Å². The summed E-state index contributed by atoms with van der Waals surface area (Å²) in [5.74, 6) is -0.295. The van der Waals surface area contributed by atoms with E-state index in [1.807, 2.05) is 0 Å². The SMILES string of the molecule is COCCNC(=S)NNC(=O)Cc1c(Cl)cccc1Cl. The number of hydrogen-bond acceptors (Lipinski definition) is 3. The number of methoxy groups -OCH3 is 1. The fourth-order valence-electron chi connectivity index (χ4n) is 1.34. The summed E-state index contributed by atoms with van der Waals surface area (Å²) in [6, 6.07) is 5.08. The molecule has 0 unspecified atom stereocenters. The van der Waals surface area contributed by atoms with Crippen LogP contribution < -0.4 is 16.2 Å². The lowest BCUT2D eigenvalue weighted by molar-refractivity contribution is -0.121. The maximum atomic E-state index is 11.7. The Kier molecular flexibility index (Phi) is 7.61. The van der Waals surface area contributed by atoms with Crippen molar-refractivity contribution in [1.82, 2.24) is 16.2 Å². The Morgan fingerprint density at radius 1 is 1.30 bits per heavy atom. The van der Waals surface area contributed by atoms with E-state index < -0.39 is 0 Å². The minimum atomic E-state index is -0.295. The Hall–Kier alpha value is -1.08. The zero-order chi connectivity index (χ0) is 15.0. The molecule has 0 aliphatic carbocycles. The van der Waals surface area contributed by atoms with Crippen molar-refractivity contribution >= 4 is 46.4 Å². The predicted molar refractivity (Wildman–Crippen MR) is 83.9 cm³/mol. The van der Waals surface area contributed by atoms with Crippen LogP contribution in [0.1, 0.15) is 5.56 Å². The molecule has 1 amide bonds. The molecular weight excluding hydrogens is 321 g/mol. The van der Waals surface area contributed by atoms with Crippen LogP contribution in [0.15, 0.2) is 18.2 Å². The van der Waals surface area contributed by atoms with Crippen LogP contribution in [-0.4, -0.2) is 31.3 Å². The second kappa shape index (κ2) is 8.97. The fraction of sp³-hybridized carbons (Fsp3) is 0.333. The molecular formula is C12H15Cl2N3O2S. The number of hydrogen-bond donors (Lipinski definition) is 3. The van der Waals surface area contributed by atoms with Gasteiger partial charge in [0.25, 0.3) is 0 Å². The summed E-state index contributed by atoms with van der Waals surface area (Å²) in [5.41, 5.74) is 5.62. The molecule has 3 N–H and O–H groups in total. The number of carbonyl (C=O) groups is 1. The van der Waals surface area contributed by atoms with Gasteiger partial charge >= 0.3 is 0 Å². The minimum absolute atomic E-state index is 0.0617. The van der Waals surface area contributed by atoms with Crippen molar-refractivity contribution in [2.75, 3.05) is 20.3 Å². The van der Waals surface area contributed by atoms with E-state index in [2.05, 4.69) is 16.2 Å². The van der Waals surface area contributed by atoms with Crippen LogP contribution in [0.3, 0.4) is 0 Å². The molecule has 0 saturated carbocycles. The summed E-state index contributed by atoms with van der Waals surface area (Å²) in [4.78, 5) is 11.7. The molecule has 0 spiro atoms. The average Bonchev–Trinajstić information content (AvgIpc) is 2.41. The lowest BCUT2D eigenvalue weighted by Gasteiger charge is -2.12. The third-order valence-corrected chi connectivity index (χ3v) is 3.26. The van der Waals surface area contributed by atoms with Crippen molar-refractivity contribution in [2.24, 2.45) is 0 Å². The first-order valence-electron chi connectivity index (χ1n) is 5.79. The number of benzene rings is 1. The predicted octanol–water partition coefficient (Wildman–Crippen LogP) is 1.68. The molecule has 0 bridgehead atoms. The Morgan fingerprint density at radius 3 is 2.55 bits per heavy atom. The smallest absolute Gasteiger partial charge is 0.242 e.